The van der Waals surface area contributed by atoms with Crippen molar-refractivity contribution in [2.24, 2.45) is 0 Å². The Balaban J connectivity index is 1.62. The number of hydrogen-bond acceptors (Lipinski definition) is 3. The van der Waals surface area contributed by atoms with Gasteiger partial charge in [0.15, 0.2) is 0 Å². The molecule has 152 valence electrons. The number of thiophene rings is 1. The number of rotatable bonds is 3. The van der Waals surface area contributed by atoms with Crippen LogP contribution >= 0.6 is 46.1 Å². The predicted molar refractivity (Wildman–Crippen MR) is 127 cm³/mol. The Morgan fingerprint density at radius 3 is 2.60 bits per heavy atom. The van der Waals surface area contributed by atoms with E-state index in [1.807, 2.05) is 5.38 Å². The van der Waals surface area contributed by atoms with Gasteiger partial charge in [0.2, 0.25) is 0 Å². The van der Waals surface area contributed by atoms with Gasteiger partial charge in [-0.15, -0.1) is 11.3 Å². The molecule has 2 heterocycles. The molecule has 0 bridgehead atoms. The van der Waals surface area contributed by atoms with Crippen molar-refractivity contribution < 1.29 is 0 Å². The van der Waals surface area contributed by atoms with Gasteiger partial charge in [-0.2, -0.15) is 0 Å². The number of aromatic nitrogens is 2. The number of aryl methyl sites for hydroxylation is 2. The van der Waals surface area contributed by atoms with Gasteiger partial charge in [0.25, 0.3) is 5.56 Å². The van der Waals surface area contributed by atoms with E-state index in [2.05, 4.69) is 23.2 Å². The maximum Gasteiger partial charge on any atom is 0.263 e. The fraction of sp³-hybridized carbons (Fsp3) is 0.217. The first-order valence-corrected chi connectivity index (χ1v) is 11.8. The SMILES string of the molecule is O=c1c2c(-c3ccc4c(c3)CCCC4)csc2ncn1Cc1c(Cl)ccc(Cl)c1Cl. The molecule has 5 rings (SSSR count). The molecule has 3 nitrogen and oxygen atoms in total. The highest BCUT2D eigenvalue weighted by Gasteiger charge is 2.17. The third-order valence-electron chi connectivity index (χ3n) is 5.69. The summed E-state index contributed by atoms with van der Waals surface area (Å²) in [5.41, 5.74) is 5.31. The molecule has 7 heteroatoms. The molecule has 0 saturated carbocycles. The summed E-state index contributed by atoms with van der Waals surface area (Å²) >= 11 is 20.3. The van der Waals surface area contributed by atoms with Crippen LogP contribution in [-0.2, 0) is 19.4 Å². The summed E-state index contributed by atoms with van der Waals surface area (Å²) in [6.07, 6.45) is 6.24. The van der Waals surface area contributed by atoms with Gasteiger partial charge in [-0.3, -0.25) is 9.36 Å². The van der Waals surface area contributed by atoms with E-state index in [1.165, 1.54) is 35.3 Å². The Hall–Kier alpha value is -1.85. The van der Waals surface area contributed by atoms with Crippen molar-refractivity contribution in [3.05, 3.63) is 84.2 Å². The molecular weight excluding hydrogens is 459 g/mol. The first-order chi connectivity index (χ1) is 14.5. The molecule has 0 spiro atoms. The van der Waals surface area contributed by atoms with Gasteiger partial charge < -0.3 is 0 Å². The van der Waals surface area contributed by atoms with Crippen molar-refractivity contribution in [3.63, 3.8) is 0 Å². The van der Waals surface area contributed by atoms with Crippen molar-refractivity contribution in [2.45, 2.75) is 32.2 Å². The van der Waals surface area contributed by atoms with E-state index in [4.69, 9.17) is 34.8 Å². The topological polar surface area (TPSA) is 34.9 Å². The van der Waals surface area contributed by atoms with Crippen LogP contribution in [0.4, 0.5) is 0 Å². The van der Waals surface area contributed by atoms with Crippen molar-refractivity contribution >= 4 is 56.4 Å². The lowest BCUT2D eigenvalue weighted by Gasteiger charge is -2.16. The molecule has 0 saturated heterocycles. The molecule has 2 aromatic carbocycles. The van der Waals surface area contributed by atoms with Gasteiger partial charge in [0.05, 0.1) is 28.3 Å². The minimum Gasteiger partial charge on any atom is -0.294 e. The van der Waals surface area contributed by atoms with Crippen molar-refractivity contribution in [2.75, 3.05) is 0 Å². The second kappa shape index (κ2) is 8.01. The molecule has 1 aliphatic carbocycles. The quantitative estimate of drug-likeness (QED) is 0.299. The summed E-state index contributed by atoms with van der Waals surface area (Å²) in [5, 5.41) is 3.89. The van der Waals surface area contributed by atoms with E-state index in [-0.39, 0.29) is 12.1 Å². The highest BCUT2D eigenvalue weighted by molar-refractivity contribution is 7.17. The minimum absolute atomic E-state index is 0.110. The van der Waals surface area contributed by atoms with Crippen LogP contribution in [0, 0.1) is 0 Å². The molecule has 0 amide bonds. The molecule has 2 aromatic heterocycles. The zero-order valence-electron chi connectivity index (χ0n) is 15.9. The number of benzene rings is 2. The van der Waals surface area contributed by atoms with Gasteiger partial charge in [-0.25, -0.2) is 4.98 Å². The second-order valence-corrected chi connectivity index (χ2v) is 9.57. The summed E-state index contributed by atoms with van der Waals surface area (Å²) in [6, 6.07) is 9.89. The Bertz CT molecular complexity index is 1340. The third kappa shape index (κ3) is 3.46. The summed E-state index contributed by atoms with van der Waals surface area (Å²) in [6.45, 7) is 0.208. The lowest BCUT2D eigenvalue weighted by atomic mass is 9.89. The zero-order valence-corrected chi connectivity index (χ0v) is 19.0. The highest BCUT2D eigenvalue weighted by Crippen LogP contribution is 2.34. The van der Waals surface area contributed by atoms with Crippen LogP contribution in [0.15, 0.2) is 46.8 Å². The van der Waals surface area contributed by atoms with E-state index in [9.17, 15) is 4.79 Å². The fourth-order valence-electron chi connectivity index (χ4n) is 4.08. The summed E-state index contributed by atoms with van der Waals surface area (Å²) < 4.78 is 1.54. The van der Waals surface area contributed by atoms with Crippen molar-refractivity contribution in [1.29, 1.82) is 0 Å². The average Bonchev–Trinajstić information content (AvgIpc) is 3.20. The molecule has 0 aliphatic heterocycles. The lowest BCUT2D eigenvalue weighted by molar-refractivity contribution is 0.686. The van der Waals surface area contributed by atoms with Gasteiger partial charge in [0, 0.05) is 21.5 Å². The molecule has 1 aliphatic rings. The molecule has 0 unspecified atom stereocenters. The summed E-state index contributed by atoms with van der Waals surface area (Å²) in [7, 11) is 0. The lowest BCUT2D eigenvalue weighted by Crippen LogP contribution is -2.21. The van der Waals surface area contributed by atoms with Crippen LogP contribution in [0.5, 0.6) is 0 Å². The van der Waals surface area contributed by atoms with E-state index < -0.39 is 0 Å². The third-order valence-corrected chi connectivity index (χ3v) is 7.77. The van der Waals surface area contributed by atoms with Crippen LogP contribution < -0.4 is 5.56 Å². The largest absolute Gasteiger partial charge is 0.294 e. The van der Waals surface area contributed by atoms with Crippen molar-refractivity contribution in [1.82, 2.24) is 9.55 Å². The van der Waals surface area contributed by atoms with E-state index in [0.717, 1.165) is 28.8 Å². The Labute approximate surface area is 192 Å². The molecule has 0 N–H and O–H groups in total. The highest BCUT2D eigenvalue weighted by atomic mass is 35.5. The second-order valence-electron chi connectivity index (χ2n) is 7.52. The summed E-state index contributed by atoms with van der Waals surface area (Å²) in [4.78, 5) is 18.6. The molecule has 4 aromatic rings. The number of hydrogen-bond donors (Lipinski definition) is 0. The fourth-order valence-corrected chi connectivity index (χ4v) is 5.65. The molecule has 0 fully saturated rings. The van der Waals surface area contributed by atoms with E-state index in [1.54, 1.807) is 23.0 Å². The number of halogens is 3. The van der Waals surface area contributed by atoms with Crippen LogP contribution in [-0.4, -0.2) is 9.55 Å². The van der Waals surface area contributed by atoms with E-state index >= 15 is 0 Å². The normalized spacial score (nSPS) is 13.6. The Kier molecular flexibility index (Phi) is 5.36. The molecule has 0 radical (unpaired) electrons. The average molecular weight is 476 g/mol. The van der Waals surface area contributed by atoms with E-state index in [0.29, 0.717) is 26.0 Å². The predicted octanol–water partition coefficient (Wildman–Crippen LogP) is 7.01. The van der Waals surface area contributed by atoms with Crippen LogP contribution in [0.1, 0.15) is 29.5 Å². The zero-order chi connectivity index (χ0) is 20.8. The molecule has 0 atom stereocenters. The van der Waals surface area contributed by atoms with Gasteiger partial charge in [-0.1, -0.05) is 53.0 Å². The van der Waals surface area contributed by atoms with Gasteiger partial charge >= 0.3 is 0 Å². The van der Waals surface area contributed by atoms with Crippen LogP contribution in [0.3, 0.4) is 0 Å². The van der Waals surface area contributed by atoms with Crippen molar-refractivity contribution in [3.8, 4) is 11.1 Å². The minimum atomic E-state index is -0.110. The van der Waals surface area contributed by atoms with Gasteiger partial charge in [0.1, 0.15) is 4.83 Å². The van der Waals surface area contributed by atoms with Gasteiger partial charge in [-0.05, 0) is 54.5 Å². The Morgan fingerprint density at radius 2 is 1.77 bits per heavy atom. The van der Waals surface area contributed by atoms with Crippen LogP contribution in [0.25, 0.3) is 21.3 Å². The first kappa shape index (κ1) is 20.1. The molecular formula is C23H17Cl3N2OS. The number of nitrogens with zero attached hydrogens (tertiary/aromatic N) is 2. The number of fused-ring (bicyclic) bond motifs is 2. The Morgan fingerprint density at radius 1 is 1.00 bits per heavy atom. The van der Waals surface area contributed by atoms with Crippen LogP contribution in [0.2, 0.25) is 15.1 Å². The maximum atomic E-state index is 13.4. The maximum absolute atomic E-state index is 13.4. The molecule has 30 heavy (non-hydrogen) atoms. The standard InChI is InChI=1S/C23H17Cl3N2OS/c24-18-7-8-19(25)21(26)16(18)10-28-12-27-22-20(23(28)29)17(11-30-22)15-6-5-13-3-1-2-4-14(13)9-15/h5-9,11-12H,1-4,10H2. The smallest absolute Gasteiger partial charge is 0.263 e. The monoisotopic (exact) mass is 474 g/mol. The first-order valence-electron chi connectivity index (χ1n) is 9.74. The summed E-state index contributed by atoms with van der Waals surface area (Å²) in [5.74, 6) is 0.